The fraction of sp³-hybridized carbons (Fsp3) is 0.0526. The second-order valence-corrected chi connectivity index (χ2v) is 5.53. The van der Waals surface area contributed by atoms with Gasteiger partial charge in [-0.25, -0.2) is 9.87 Å². The van der Waals surface area contributed by atoms with Gasteiger partial charge in [-0.05, 0) is 52.7 Å². The summed E-state index contributed by atoms with van der Waals surface area (Å²) in [7, 11) is 0. The lowest BCUT2D eigenvalue weighted by Crippen LogP contribution is -2.22. The highest BCUT2D eigenvalue weighted by atomic mass is 19.1. The Hall–Kier alpha value is -3.25. The van der Waals surface area contributed by atoms with Crippen LogP contribution < -0.4 is 10.8 Å². The molecule has 3 N–H and O–H groups in total. The SMILES string of the molecule is O=C(NO)c1ccc2ccc(C(=O)NCc3ccc(F)cc3)cc2c1. The maximum atomic E-state index is 12.9. The second kappa shape index (κ2) is 7.11. The molecular formula is C19H15FN2O3. The summed E-state index contributed by atoms with van der Waals surface area (Å²) in [5.41, 5.74) is 3.10. The van der Waals surface area contributed by atoms with Gasteiger partial charge in [0.2, 0.25) is 0 Å². The molecule has 3 aromatic rings. The fourth-order valence-electron chi connectivity index (χ4n) is 2.48. The minimum Gasteiger partial charge on any atom is -0.348 e. The van der Waals surface area contributed by atoms with Crippen molar-refractivity contribution in [2.45, 2.75) is 6.54 Å². The molecule has 25 heavy (non-hydrogen) atoms. The molecule has 3 aromatic carbocycles. The number of carbonyl (C=O) groups is 2. The van der Waals surface area contributed by atoms with E-state index in [-0.39, 0.29) is 18.3 Å². The molecule has 0 bridgehead atoms. The lowest BCUT2D eigenvalue weighted by molar-refractivity contribution is 0.0706. The van der Waals surface area contributed by atoms with Crippen molar-refractivity contribution in [3.63, 3.8) is 0 Å². The summed E-state index contributed by atoms with van der Waals surface area (Å²) in [6, 6.07) is 15.9. The van der Waals surface area contributed by atoms with Crippen LogP contribution in [0, 0.1) is 5.82 Å². The van der Waals surface area contributed by atoms with E-state index in [0.29, 0.717) is 16.5 Å². The van der Waals surface area contributed by atoms with E-state index in [1.165, 1.54) is 12.1 Å². The van der Waals surface area contributed by atoms with E-state index in [4.69, 9.17) is 5.21 Å². The van der Waals surface area contributed by atoms with Crippen molar-refractivity contribution >= 4 is 22.6 Å². The smallest absolute Gasteiger partial charge is 0.274 e. The van der Waals surface area contributed by atoms with Gasteiger partial charge in [-0.2, -0.15) is 0 Å². The van der Waals surface area contributed by atoms with E-state index in [1.807, 2.05) is 0 Å². The normalized spacial score (nSPS) is 10.5. The van der Waals surface area contributed by atoms with Crippen LogP contribution in [0.2, 0.25) is 0 Å². The minimum atomic E-state index is -0.618. The molecule has 0 saturated carbocycles. The van der Waals surface area contributed by atoms with Gasteiger partial charge in [0.25, 0.3) is 11.8 Å². The third-order valence-electron chi connectivity index (χ3n) is 3.83. The number of carbonyl (C=O) groups excluding carboxylic acids is 2. The molecule has 126 valence electrons. The Bertz CT molecular complexity index is 939. The van der Waals surface area contributed by atoms with E-state index in [1.54, 1.807) is 54.0 Å². The van der Waals surface area contributed by atoms with Crippen molar-refractivity contribution in [1.29, 1.82) is 0 Å². The number of hydroxylamine groups is 1. The zero-order valence-corrected chi connectivity index (χ0v) is 13.1. The summed E-state index contributed by atoms with van der Waals surface area (Å²) in [5, 5.41) is 13.0. The number of amides is 2. The van der Waals surface area contributed by atoms with Gasteiger partial charge in [0, 0.05) is 17.7 Å². The summed E-state index contributed by atoms with van der Waals surface area (Å²) < 4.78 is 12.9. The molecule has 0 unspecified atom stereocenters. The molecule has 0 radical (unpaired) electrons. The maximum absolute atomic E-state index is 12.9. The highest BCUT2D eigenvalue weighted by Gasteiger charge is 2.09. The molecule has 6 heteroatoms. The first-order valence-electron chi connectivity index (χ1n) is 7.58. The molecule has 0 aliphatic heterocycles. The molecular weight excluding hydrogens is 323 g/mol. The van der Waals surface area contributed by atoms with Gasteiger partial charge < -0.3 is 5.32 Å². The highest BCUT2D eigenvalue weighted by Crippen LogP contribution is 2.18. The van der Waals surface area contributed by atoms with Crippen LogP contribution in [0.25, 0.3) is 10.8 Å². The van der Waals surface area contributed by atoms with E-state index >= 15 is 0 Å². The number of fused-ring (bicyclic) bond motifs is 1. The molecule has 0 fully saturated rings. The first-order chi connectivity index (χ1) is 12.1. The van der Waals surface area contributed by atoms with Crippen LogP contribution in [-0.4, -0.2) is 17.0 Å². The first-order valence-corrected chi connectivity index (χ1v) is 7.58. The quantitative estimate of drug-likeness (QED) is 0.505. The molecule has 0 saturated heterocycles. The second-order valence-electron chi connectivity index (χ2n) is 5.53. The summed E-state index contributed by atoms with van der Waals surface area (Å²) in [4.78, 5) is 23.8. The van der Waals surface area contributed by atoms with E-state index < -0.39 is 5.91 Å². The van der Waals surface area contributed by atoms with Gasteiger partial charge in [0.1, 0.15) is 5.82 Å². The van der Waals surface area contributed by atoms with Crippen LogP contribution in [0.4, 0.5) is 4.39 Å². The number of rotatable bonds is 4. The largest absolute Gasteiger partial charge is 0.348 e. The average molecular weight is 338 g/mol. The summed E-state index contributed by atoms with van der Waals surface area (Å²) >= 11 is 0. The Morgan fingerprint density at radius 2 is 1.44 bits per heavy atom. The standard InChI is InChI=1S/C19H15FN2O3/c20-17-7-1-12(2-8-17)11-21-18(23)14-5-3-13-4-6-15(19(24)22-25)10-16(13)9-14/h1-10,25H,11H2,(H,21,23)(H,22,24). The zero-order valence-electron chi connectivity index (χ0n) is 13.1. The molecule has 0 aliphatic rings. The summed E-state index contributed by atoms with van der Waals surface area (Å²) in [5.74, 6) is -1.22. The van der Waals surface area contributed by atoms with Crippen LogP contribution in [0.15, 0.2) is 60.7 Å². The van der Waals surface area contributed by atoms with Crippen molar-refractivity contribution < 1.29 is 19.2 Å². The molecule has 2 amide bonds. The Kier molecular flexibility index (Phi) is 4.72. The van der Waals surface area contributed by atoms with Crippen molar-refractivity contribution in [2.24, 2.45) is 0 Å². The Morgan fingerprint density at radius 1 is 0.840 bits per heavy atom. The number of hydrogen-bond acceptors (Lipinski definition) is 3. The number of halogens is 1. The molecule has 0 spiro atoms. The van der Waals surface area contributed by atoms with Crippen LogP contribution in [0.3, 0.4) is 0 Å². The summed E-state index contributed by atoms with van der Waals surface area (Å²) in [6.07, 6.45) is 0. The molecule has 0 aromatic heterocycles. The van der Waals surface area contributed by atoms with Gasteiger partial charge in [-0.15, -0.1) is 0 Å². The fourth-order valence-corrected chi connectivity index (χ4v) is 2.48. The molecule has 0 heterocycles. The monoisotopic (exact) mass is 338 g/mol. The first kappa shape index (κ1) is 16.6. The van der Waals surface area contributed by atoms with Gasteiger partial charge >= 0.3 is 0 Å². The lowest BCUT2D eigenvalue weighted by atomic mass is 10.0. The van der Waals surface area contributed by atoms with Crippen LogP contribution >= 0.6 is 0 Å². The molecule has 3 rings (SSSR count). The van der Waals surface area contributed by atoms with Crippen LogP contribution in [0.5, 0.6) is 0 Å². The topological polar surface area (TPSA) is 78.4 Å². The Balaban J connectivity index is 1.78. The van der Waals surface area contributed by atoms with E-state index in [2.05, 4.69) is 5.32 Å². The molecule has 0 atom stereocenters. The van der Waals surface area contributed by atoms with Crippen LogP contribution in [0.1, 0.15) is 26.3 Å². The van der Waals surface area contributed by atoms with E-state index in [0.717, 1.165) is 10.9 Å². The van der Waals surface area contributed by atoms with Gasteiger partial charge in [0.15, 0.2) is 0 Å². The zero-order chi connectivity index (χ0) is 17.8. The van der Waals surface area contributed by atoms with Gasteiger partial charge in [-0.1, -0.05) is 24.3 Å². The van der Waals surface area contributed by atoms with Gasteiger partial charge in [-0.3, -0.25) is 14.8 Å². The number of benzene rings is 3. The predicted octanol–water partition coefficient (Wildman–Crippen LogP) is 3.03. The third kappa shape index (κ3) is 3.81. The Labute approximate surface area is 143 Å². The van der Waals surface area contributed by atoms with Crippen molar-refractivity contribution in [3.05, 3.63) is 83.2 Å². The van der Waals surface area contributed by atoms with E-state index in [9.17, 15) is 14.0 Å². The average Bonchev–Trinajstić information content (AvgIpc) is 2.65. The minimum absolute atomic E-state index is 0.275. The Morgan fingerprint density at radius 3 is 2.04 bits per heavy atom. The van der Waals surface area contributed by atoms with Gasteiger partial charge in [0.05, 0.1) is 0 Å². The third-order valence-corrected chi connectivity index (χ3v) is 3.83. The number of nitrogens with one attached hydrogen (secondary N) is 2. The highest BCUT2D eigenvalue weighted by molar-refractivity contribution is 6.01. The van der Waals surface area contributed by atoms with Crippen molar-refractivity contribution in [3.8, 4) is 0 Å². The number of hydrogen-bond donors (Lipinski definition) is 3. The summed E-state index contributed by atoms with van der Waals surface area (Å²) in [6.45, 7) is 0.282. The van der Waals surface area contributed by atoms with Crippen molar-refractivity contribution in [1.82, 2.24) is 10.8 Å². The molecule has 0 aliphatic carbocycles. The lowest BCUT2D eigenvalue weighted by Gasteiger charge is -2.07. The molecule has 5 nitrogen and oxygen atoms in total. The van der Waals surface area contributed by atoms with Crippen LogP contribution in [-0.2, 0) is 6.54 Å². The maximum Gasteiger partial charge on any atom is 0.274 e. The predicted molar refractivity (Wildman–Crippen MR) is 90.8 cm³/mol. The van der Waals surface area contributed by atoms with Crippen molar-refractivity contribution in [2.75, 3.05) is 0 Å².